The normalized spacial score (nSPS) is 12.2. The van der Waals surface area contributed by atoms with Gasteiger partial charge >= 0.3 is 0 Å². The SMILES string of the molecule is O=C(Nc1ccccc1)c1cccc2c1=NCN=2. The minimum atomic E-state index is -0.154. The molecule has 4 nitrogen and oxygen atoms in total. The molecule has 0 atom stereocenters. The Labute approximate surface area is 104 Å². The van der Waals surface area contributed by atoms with Crippen LogP contribution in [-0.4, -0.2) is 12.6 Å². The monoisotopic (exact) mass is 237 g/mol. The molecule has 3 rings (SSSR count). The molecule has 0 spiro atoms. The van der Waals surface area contributed by atoms with Gasteiger partial charge in [-0.25, -0.2) is 0 Å². The van der Waals surface area contributed by atoms with Crippen molar-refractivity contribution < 1.29 is 4.79 Å². The average Bonchev–Trinajstić information content (AvgIpc) is 2.87. The van der Waals surface area contributed by atoms with E-state index in [1.807, 2.05) is 42.5 Å². The van der Waals surface area contributed by atoms with E-state index in [1.54, 1.807) is 6.07 Å². The molecule has 4 heteroatoms. The average molecular weight is 237 g/mol. The molecular formula is C14H11N3O. The highest BCUT2D eigenvalue weighted by Gasteiger charge is 2.11. The standard InChI is InChI=1S/C14H11N3O/c18-14(17-10-5-2-1-3-6-10)11-7-4-8-12-13(11)16-9-15-12/h1-8H,9H2,(H,17,18). The Hall–Kier alpha value is -2.49. The molecular weight excluding hydrogens is 226 g/mol. The summed E-state index contributed by atoms with van der Waals surface area (Å²) in [5, 5.41) is 4.32. The van der Waals surface area contributed by atoms with Crippen molar-refractivity contribution in [3.05, 3.63) is 64.8 Å². The van der Waals surface area contributed by atoms with Crippen LogP contribution in [0.2, 0.25) is 0 Å². The molecule has 1 aliphatic heterocycles. The Kier molecular flexibility index (Phi) is 2.61. The molecule has 0 aliphatic carbocycles. The molecule has 0 saturated carbocycles. The second-order valence-electron chi connectivity index (χ2n) is 3.95. The second-order valence-corrected chi connectivity index (χ2v) is 3.95. The van der Waals surface area contributed by atoms with Gasteiger partial charge in [-0.3, -0.25) is 14.8 Å². The number of nitrogens with one attached hydrogen (secondary N) is 1. The number of nitrogens with zero attached hydrogens (tertiary/aromatic N) is 2. The molecule has 0 saturated heterocycles. The van der Waals surface area contributed by atoms with Crippen LogP contribution in [0.5, 0.6) is 0 Å². The zero-order chi connectivity index (χ0) is 12.4. The Bertz CT molecular complexity index is 708. The Morgan fingerprint density at radius 1 is 1.00 bits per heavy atom. The molecule has 0 fully saturated rings. The van der Waals surface area contributed by atoms with Gasteiger partial charge < -0.3 is 5.32 Å². The maximum atomic E-state index is 12.2. The number of hydrogen-bond acceptors (Lipinski definition) is 3. The third-order valence-corrected chi connectivity index (χ3v) is 2.76. The van der Waals surface area contributed by atoms with E-state index in [0.29, 0.717) is 17.6 Å². The van der Waals surface area contributed by atoms with Crippen molar-refractivity contribution in [1.29, 1.82) is 0 Å². The molecule has 1 aliphatic rings. The summed E-state index contributed by atoms with van der Waals surface area (Å²) in [5.74, 6) is -0.154. The molecule has 1 heterocycles. The first-order valence-corrected chi connectivity index (χ1v) is 5.69. The van der Waals surface area contributed by atoms with Crippen LogP contribution < -0.4 is 16.0 Å². The van der Waals surface area contributed by atoms with Crippen molar-refractivity contribution in [2.24, 2.45) is 9.98 Å². The first kappa shape index (κ1) is 10.7. The third kappa shape index (κ3) is 1.88. The number of amides is 1. The summed E-state index contributed by atoms with van der Waals surface area (Å²) in [5.41, 5.74) is 1.34. The summed E-state index contributed by atoms with van der Waals surface area (Å²) in [6, 6.07) is 14.8. The number of hydrogen-bond donors (Lipinski definition) is 1. The Balaban J connectivity index is 1.96. The van der Waals surface area contributed by atoms with Crippen LogP contribution in [0.25, 0.3) is 0 Å². The van der Waals surface area contributed by atoms with Crippen molar-refractivity contribution in [3.8, 4) is 0 Å². The van der Waals surface area contributed by atoms with Crippen LogP contribution >= 0.6 is 0 Å². The van der Waals surface area contributed by atoms with E-state index >= 15 is 0 Å². The summed E-state index contributed by atoms with van der Waals surface area (Å²) in [7, 11) is 0. The summed E-state index contributed by atoms with van der Waals surface area (Å²) < 4.78 is 0. The Morgan fingerprint density at radius 2 is 1.83 bits per heavy atom. The van der Waals surface area contributed by atoms with Crippen LogP contribution in [0.15, 0.2) is 58.5 Å². The number of carbonyl (C=O) groups is 1. The van der Waals surface area contributed by atoms with E-state index < -0.39 is 0 Å². The van der Waals surface area contributed by atoms with Crippen LogP contribution in [0, 0.1) is 0 Å². The highest BCUT2D eigenvalue weighted by Crippen LogP contribution is 2.06. The van der Waals surface area contributed by atoms with E-state index in [2.05, 4.69) is 15.3 Å². The zero-order valence-corrected chi connectivity index (χ0v) is 9.63. The van der Waals surface area contributed by atoms with Gasteiger partial charge in [0, 0.05) is 5.69 Å². The fourth-order valence-electron chi connectivity index (χ4n) is 1.91. The van der Waals surface area contributed by atoms with Crippen molar-refractivity contribution in [2.45, 2.75) is 0 Å². The quantitative estimate of drug-likeness (QED) is 0.837. The van der Waals surface area contributed by atoms with E-state index in [0.717, 1.165) is 11.0 Å². The van der Waals surface area contributed by atoms with Gasteiger partial charge in [0.1, 0.15) is 6.67 Å². The highest BCUT2D eigenvalue weighted by molar-refractivity contribution is 6.04. The van der Waals surface area contributed by atoms with Gasteiger partial charge in [0.15, 0.2) is 0 Å². The molecule has 0 bridgehead atoms. The van der Waals surface area contributed by atoms with E-state index in [4.69, 9.17) is 0 Å². The lowest BCUT2D eigenvalue weighted by atomic mass is 10.2. The van der Waals surface area contributed by atoms with Gasteiger partial charge in [0.25, 0.3) is 5.91 Å². The zero-order valence-electron chi connectivity index (χ0n) is 9.63. The van der Waals surface area contributed by atoms with Gasteiger partial charge in [-0.15, -0.1) is 0 Å². The molecule has 88 valence electrons. The number of fused-ring (bicyclic) bond motifs is 1. The predicted octanol–water partition coefficient (Wildman–Crippen LogP) is 1.15. The Morgan fingerprint density at radius 3 is 2.67 bits per heavy atom. The van der Waals surface area contributed by atoms with Crippen LogP contribution in [0.4, 0.5) is 5.69 Å². The lowest BCUT2D eigenvalue weighted by molar-refractivity contribution is 0.102. The third-order valence-electron chi connectivity index (χ3n) is 2.76. The maximum absolute atomic E-state index is 12.2. The van der Waals surface area contributed by atoms with Crippen LogP contribution in [-0.2, 0) is 0 Å². The number of para-hydroxylation sites is 2. The van der Waals surface area contributed by atoms with Crippen LogP contribution in [0.3, 0.4) is 0 Å². The lowest BCUT2D eigenvalue weighted by Gasteiger charge is -2.04. The molecule has 1 N–H and O–H groups in total. The topological polar surface area (TPSA) is 53.8 Å². The van der Waals surface area contributed by atoms with Crippen molar-refractivity contribution in [2.75, 3.05) is 12.0 Å². The molecule has 18 heavy (non-hydrogen) atoms. The first-order valence-electron chi connectivity index (χ1n) is 5.69. The number of benzene rings is 2. The minimum Gasteiger partial charge on any atom is -0.322 e. The molecule has 0 aromatic heterocycles. The predicted molar refractivity (Wildman–Crippen MR) is 68.0 cm³/mol. The molecule has 1 amide bonds. The maximum Gasteiger partial charge on any atom is 0.257 e. The molecule has 0 unspecified atom stereocenters. The second kappa shape index (κ2) is 4.41. The smallest absolute Gasteiger partial charge is 0.257 e. The van der Waals surface area contributed by atoms with Crippen molar-refractivity contribution in [3.63, 3.8) is 0 Å². The molecule has 2 aromatic carbocycles. The number of rotatable bonds is 2. The van der Waals surface area contributed by atoms with Crippen molar-refractivity contribution >= 4 is 11.6 Å². The van der Waals surface area contributed by atoms with Crippen LogP contribution in [0.1, 0.15) is 10.4 Å². The fourth-order valence-corrected chi connectivity index (χ4v) is 1.91. The van der Waals surface area contributed by atoms with Gasteiger partial charge in [0.2, 0.25) is 0 Å². The number of carbonyl (C=O) groups excluding carboxylic acids is 1. The summed E-state index contributed by atoms with van der Waals surface area (Å²) >= 11 is 0. The van der Waals surface area contributed by atoms with E-state index in [1.165, 1.54) is 0 Å². The molecule has 2 aromatic rings. The van der Waals surface area contributed by atoms with Gasteiger partial charge in [-0.1, -0.05) is 24.3 Å². The first-order chi connectivity index (χ1) is 8.84. The van der Waals surface area contributed by atoms with Crippen molar-refractivity contribution in [1.82, 2.24) is 0 Å². The van der Waals surface area contributed by atoms with Gasteiger partial charge in [-0.2, -0.15) is 0 Å². The molecule has 0 radical (unpaired) electrons. The highest BCUT2D eigenvalue weighted by atomic mass is 16.1. The van der Waals surface area contributed by atoms with Gasteiger partial charge in [-0.05, 0) is 24.3 Å². The number of anilines is 1. The van der Waals surface area contributed by atoms with E-state index in [-0.39, 0.29) is 5.91 Å². The minimum absolute atomic E-state index is 0.154. The summed E-state index contributed by atoms with van der Waals surface area (Å²) in [6.07, 6.45) is 0. The van der Waals surface area contributed by atoms with E-state index in [9.17, 15) is 4.79 Å². The van der Waals surface area contributed by atoms with Gasteiger partial charge in [0.05, 0.1) is 16.3 Å². The largest absolute Gasteiger partial charge is 0.322 e. The lowest BCUT2D eigenvalue weighted by Crippen LogP contribution is -2.30. The summed E-state index contributed by atoms with van der Waals surface area (Å²) in [4.78, 5) is 20.6. The summed E-state index contributed by atoms with van der Waals surface area (Å²) in [6.45, 7) is 0.408. The fraction of sp³-hybridized carbons (Fsp3) is 0.0714.